The SMILES string of the molecule is O=C(O)C1(c2ncccc2Br)CC(O)C1. The zero-order valence-electron chi connectivity index (χ0n) is 7.85. The molecule has 80 valence electrons. The van der Waals surface area contributed by atoms with Crippen LogP contribution >= 0.6 is 15.9 Å². The van der Waals surface area contributed by atoms with E-state index in [0.29, 0.717) is 10.2 Å². The van der Waals surface area contributed by atoms with Gasteiger partial charge in [0.25, 0.3) is 0 Å². The third kappa shape index (κ3) is 1.55. The van der Waals surface area contributed by atoms with Crippen molar-refractivity contribution < 1.29 is 15.0 Å². The van der Waals surface area contributed by atoms with Crippen LogP contribution in [0.1, 0.15) is 18.5 Å². The third-order valence-corrected chi connectivity index (χ3v) is 3.43. The maximum Gasteiger partial charge on any atom is 0.315 e. The molecule has 1 heterocycles. The standard InChI is InChI=1S/C10H10BrNO3/c11-7-2-1-3-12-8(7)10(9(14)15)4-6(13)5-10/h1-3,6,13H,4-5H2,(H,14,15). The van der Waals surface area contributed by atoms with Crippen LogP contribution in [0.25, 0.3) is 0 Å². The summed E-state index contributed by atoms with van der Waals surface area (Å²) in [7, 11) is 0. The monoisotopic (exact) mass is 271 g/mol. The molecule has 1 aromatic rings. The van der Waals surface area contributed by atoms with Gasteiger partial charge < -0.3 is 10.2 Å². The summed E-state index contributed by atoms with van der Waals surface area (Å²) < 4.78 is 0.680. The number of aliphatic hydroxyl groups excluding tert-OH is 1. The Hall–Kier alpha value is -0.940. The van der Waals surface area contributed by atoms with Gasteiger partial charge in [-0.1, -0.05) is 0 Å². The van der Waals surface area contributed by atoms with Crippen LogP contribution in [0.2, 0.25) is 0 Å². The lowest BCUT2D eigenvalue weighted by Gasteiger charge is -2.41. The fraction of sp³-hybridized carbons (Fsp3) is 0.400. The Morgan fingerprint density at radius 3 is 2.73 bits per heavy atom. The fourth-order valence-electron chi connectivity index (χ4n) is 1.95. The molecular formula is C10H10BrNO3. The summed E-state index contributed by atoms with van der Waals surface area (Å²) in [6.07, 6.45) is 1.50. The summed E-state index contributed by atoms with van der Waals surface area (Å²) in [6.45, 7) is 0. The van der Waals surface area contributed by atoms with E-state index in [4.69, 9.17) is 0 Å². The molecule has 0 unspecified atom stereocenters. The highest BCUT2D eigenvalue weighted by molar-refractivity contribution is 9.10. The maximum atomic E-state index is 11.2. The van der Waals surface area contributed by atoms with Crippen molar-refractivity contribution in [2.75, 3.05) is 0 Å². The molecule has 0 aromatic carbocycles. The van der Waals surface area contributed by atoms with Gasteiger partial charge in [0, 0.05) is 10.7 Å². The number of aliphatic carboxylic acids is 1. The van der Waals surface area contributed by atoms with Crippen molar-refractivity contribution in [2.24, 2.45) is 0 Å². The number of carbonyl (C=O) groups is 1. The third-order valence-electron chi connectivity index (χ3n) is 2.79. The number of carboxylic acid groups (broad SMARTS) is 1. The van der Waals surface area contributed by atoms with E-state index >= 15 is 0 Å². The number of carboxylic acids is 1. The maximum absolute atomic E-state index is 11.2. The first-order chi connectivity index (χ1) is 7.06. The van der Waals surface area contributed by atoms with E-state index in [1.807, 2.05) is 0 Å². The minimum atomic E-state index is -1.01. The smallest absolute Gasteiger partial charge is 0.315 e. The summed E-state index contributed by atoms with van der Waals surface area (Å²) in [5.41, 5.74) is -0.512. The zero-order valence-corrected chi connectivity index (χ0v) is 9.44. The summed E-state index contributed by atoms with van der Waals surface area (Å²) in [5.74, 6) is -0.924. The predicted molar refractivity (Wildman–Crippen MR) is 56.5 cm³/mol. The van der Waals surface area contributed by atoms with E-state index in [0.717, 1.165) is 0 Å². The molecule has 4 nitrogen and oxygen atoms in total. The minimum Gasteiger partial charge on any atom is -0.481 e. The van der Waals surface area contributed by atoms with Crippen LogP contribution < -0.4 is 0 Å². The molecule has 0 bridgehead atoms. The van der Waals surface area contributed by atoms with Gasteiger partial charge in [-0.05, 0) is 40.9 Å². The van der Waals surface area contributed by atoms with Gasteiger partial charge in [0.05, 0.1) is 11.8 Å². The van der Waals surface area contributed by atoms with E-state index in [-0.39, 0.29) is 12.8 Å². The number of aliphatic hydroxyl groups is 1. The minimum absolute atomic E-state index is 0.234. The topological polar surface area (TPSA) is 70.4 Å². The molecule has 0 amide bonds. The number of pyridine rings is 1. The molecular weight excluding hydrogens is 262 g/mol. The van der Waals surface area contributed by atoms with Gasteiger partial charge in [0.1, 0.15) is 5.41 Å². The molecule has 0 radical (unpaired) electrons. The van der Waals surface area contributed by atoms with Crippen LogP contribution in [-0.4, -0.2) is 27.3 Å². The van der Waals surface area contributed by atoms with Gasteiger partial charge >= 0.3 is 5.97 Å². The number of halogens is 1. The van der Waals surface area contributed by atoms with Gasteiger partial charge in [0.15, 0.2) is 0 Å². The Bertz CT molecular complexity index is 401. The lowest BCUT2D eigenvalue weighted by Crippen LogP contribution is -2.51. The lowest BCUT2D eigenvalue weighted by molar-refractivity contribution is -0.153. The van der Waals surface area contributed by atoms with Gasteiger partial charge in [-0.2, -0.15) is 0 Å². The first-order valence-electron chi connectivity index (χ1n) is 4.59. The lowest BCUT2D eigenvalue weighted by atomic mass is 9.64. The van der Waals surface area contributed by atoms with Crippen LogP contribution in [0.4, 0.5) is 0 Å². The number of rotatable bonds is 2. The van der Waals surface area contributed by atoms with Crippen molar-refractivity contribution in [3.8, 4) is 0 Å². The molecule has 5 heteroatoms. The van der Waals surface area contributed by atoms with E-state index in [2.05, 4.69) is 20.9 Å². The van der Waals surface area contributed by atoms with Crippen LogP contribution in [0.15, 0.2) is 22.8 Å². The first kappa shape index (κ1) is 10.6. The van der Waals surface area contributed by atoms with Crippen molar-refractivity contribution in [3.05, 3.63) is 28.5 Å². The predicted octanol–water partition coefficient (Wildman–Crippen LogP) is 1.32. The van der Waals surface area contributed by atoms with Crippen molar-refractivity contribution in [2.45, 2.75) is 24.4 Å². The molecule has 0 saturated heterocycles. The number of hydrogen-bond acceptors (Lipinski definition) is 3. The summed E-state index contributed by atoms with van der Waals surface area (Å²) in [4.78, 5) is 15.3. The van der Waals surface area contributed by atoms with Gasteiger partial charge in [-0.25, -0.2) is 0 Å². The Kier molecular flexibility index (Phi) is 2.52. The molecule has 0 aliphatic heterocycles. The highest BCUT2D eigenvalue weighted by Gasteiger charge is 2.53. The van der Waals surface area contributed by atoms with Crippen LogP contribution in [0.3, 0.4) is 0 Å². The molecule has 2 rings (SSSR count). The quantitative estimate of drug-likeness (QED) is 0.851. The van der Waals surface area contributed by atoms with Crippen molar-refractivity contribution >= 4 is 21.9 Å². The van der Waals surface area contributed by atoms with Crippen molar-refractivity contribution in [3.63, 3.8) is 0 Å². The van der Waals surface area contributed by atoms with Gasteiger partial charge in [-0.3, -0.25) is 9.78 Å². The Morgan fingerprint density at radius 1 is 1.60 bits per heavy atom. The Morgan fingerprint density at radius 2 is 2.27 bits per heavy atom. The van der Waals surface area contributed by atoms with Crippen molar-refractivity contribution in [1.29, 1.82) is 0 Å². The molecule has 1 fully saturated rings. The number of nitrogens with zero attached hydrogens (tertiary/aromatic N) is 1. The molecule has 1 aliphatic carbocycles. The average Bonchev–Trinajstić information content (AvgIpc) is 2.13. The van der Waals surface area contributed by atoms with E-state index in [1.165, 1.54) is 0 Å². The fourth-order valence-corrected chi connectivity index (χ4v) is 2.59. The van der Waals surface area contributed by atoms with E-state index in [1.54, 1.807) is 18.3 Å². The molecule has 1 saturated carbocycles. The van der Waals surface area contributed by atoms with Gasteiger partial charge in [0.2, 0.25) is 0 Å². The average molecular weight is 272 g/mol. The van der Waals surface area contributed by atoms with E-state index < -0.39 is 17.5 Å². The normalized spacial score (nSPS) is 29.6. The second kappa shape index (κ2) is 3.57. The largest absolute Gasteiger partial charge is 0.481 e. The molecule has 1 aliphatic rings. The zero-order chi connectivity index (χ0) is 11.1. The highest BCUT2D eigenvalue weighted by atomic mass is 79.9. The number of hydrogen-bond donors (Lipinski definition) is 2. The van der Waals surface area contributed by atoms with E-state index in [9.17, 15) is 15.0 Å². The second-order valence-electron chi connectivity index (χ2n) is 3.78. The summed E-state index contributed by atoms with van der Waals surface area (Å²) >= 11 is 3.29. The molecule has 15 heavy (non-hydrogen) atoms. The number of aromatic nitrogens is 1. The van der Waals surface area contributed by atoms with Crippen molar-refractivity contribution in [1.82, 2.24) is 4.98 Å². The highest BCUT2D eigenvalue weighted by Crippen LogP contribution is 2.45. The van der Waals surface area contributed by atoms with Crippen LogP contribution in [0.5, 0.6) is 0 Å². The Balaban J connectivity index is 2.43. The van der Waals surface area contributed by atoms with Crippen LogP contribution in [0, 0.1) is 0 Å². The van der Waals surface area contributed by atoms with Crippen LogP contribution in [-0.2, 0) is 10.2 Å². The molecule has 0 spiro atoms. The molecule has 0 atom stereocenters. The summed E-state index contributed by atoms with van der Waals surface area (Å²) in [5, 5.41) is 18.5. The Labute approximate surface area is 95.1 Å². The first-order valence-corrected chi connectivity index (χ1v) is 5.38. The summed E-state index contributed by atoms with van der Waals surface area (Å²) in [6, 6.07) is 3.50. The second-order valence-corrected chi connectivity index (χ2v) is 4.64. The molecule has 1 aromatic heterocycles. The molecule has 2 N–H and O–H groups in total. The van der Waals surface area contributed by atoms with Gasteiger partial charge in [-0.15, -0.1) is 0 Å².